The molecule has 5 heteroatoms. The van der Waals surface area contributed by atoms with E-state index in [4.69, 9.17) is 5.73 Å². The summed E-state index contributed by atoms with van der Waals surface area (Å²) < 4.78 is 25.0. The highest BCUT2D eigenvalue weighted by atomic mass is 19.3. The minimum atomic E-state index is -2.15. The number of alkyl halides is 2. The van der Waals surface area contributed by atoms with Gasteiger partial charge >= 0.3 is 0 Å². The predicted octanol–water partition coefficient (Wildman–Crippen LogP) is 0.529. The summed E-state index contributed by atoms with van der Waals surface area (Å²) in [4.78, 5) is 2.15. The van der Waals surface area contributed by atoms with Crippen LogP contribution in [0.3, 0.4) is 0 Å². The smallest absolute Gasteiger partial charge is 0.242 e. The van der Waals surface area contributed by atoms with Gasteiger partial charge < -0.3 is 10.8 Å². The van der Waals surface area contributed by atoms with E-state index in [-0.39, 0.29) is 17.8 Å². The third-order valence-electron chi connectivity index (χ3n) is 4.82. The third kappa shape index (κ3) is 1.98. The number of halogens is 2. The maximum atomic E-state index is 12.5. The fourth-order valence-corrected chi connectivity index (χ4v) is 3.89. The van der Waals surface area contributed by atoms with Crippen LogP contribution in [0.1, 0.15) is 12.8 Å². The van der Waals surface area contributed by atoms with Crippen molar-refractivity contribution >= 4 is 0 Å². The Labute approximate surface area is 100.0 Å². The minimum Gasteiger partial charge on any atom is -0.389 e. The van der Waals surface area contributed by atoms with Crippen molar-refractivity contribution in [3.05, 3.63) is 0 Å². The molecule has 3 aliphatic rings. The predicted molar refractivity (Wildman–Crippen MR) is 59.6 cm³/mol. The first-order valence-corrected chi connectivity index (χ1v) is 6.45. The van der Waals surface area contributed by atoms with E-state index in [0.717, 1.165) is 25.9 Å². The average molecular weight is 246 g/mol. The van der Waals surface area contributed by atoms with Crippen molar-refractivity contribution in [3.63, 3.8) is 0 Å². The number of hydrogen-bond acceptors (Lipinski definition) is 3. The first-order chi connectivity index (χ1) is 8.02. The lowest BCUT2D eigenvalue weighted by Gasteiger charge is -2.45. The molecule has 0 aromatic rings. The van der Waals surface area contributed by atoms with Gasteiger partial charge in [0.05, 0.1) is 5.60 Å². The van der Waals surface area contributed by atoms with Crippen LogP contribution in [0.5, 0.6) is 0 Å². The van der Waals surface area contributed by atoms with Gasteiger partial charge in [-0.1, -0.05) is 0 Å². The molecule has 1 aliphatic heterocycles. The molecule has 3 nitrogen and oxygen atoms in total. The quantitative estimate of drug-likeness (QED) is 0.760. The molecule has 0 radical (unpaired) electrons. The molecule has 3 rings (SSSR count). The third-order valence-corrected chi connectivity index (χ3v) is 4.82. The topological polar surface area (TPSA) is 49.5 Å². The van der Waals surface area contributed by atoms with Crippen molar-refractivity contribution in [2.45, 2.75) is 24.9 Å². The highest BCUT2D eigenvalue weighted by Gasteiger charge is 2.60. The van der Waals surface area contributed by atoms with E-state index >= 15 is 0 Å². The zero-order chi connectivity index (χ0) is 12.2. The number of hydrogen-bond donors (Lipinski definition) is 2. The molecule has 3 atom stereocenters. The van der Waals surface area contributed by atoms with Gasteiger partial charge in [0.1, 0.15) is 0 Å². The Balaban J connectivity index is 1.45. The highest BCUT2D eigenvalue weighted by molar-refractivity contribution is 5.08. The van der Waals surface area contributed by atoms with E-state index in [2.05, 4.69) is 4.90 Å². The molecule has 98 valence electrons. The molecule has 1 unspecified atom stereocenters. The van der Waals surface area contributed by atoms with E-state index in [1.807, 2.05) is 0 Å². The SMILES string of the molecule is NCC1CC(O)(CN2C[C@@H]3C(C(F)F)[C@@H]3C2)C1. The Morgan fingerprint density at radius 3 is 2.35 bits per heavy atom. The maximum absolute atomic E-state index is 12.5. The lowest BCUT2D eigenvalue weighted by molar-refractivity contribution is -0.0901. The van der Waals surface area contributed by atoms with E-state index < -0.39 is 12.0 Å². The molecule has 17 heavy (non-hydrogen) atoms. The molecule has 3 N–H and O–H groups in total. The van der Waals surface area contributed by atoms with E-state index in [0.29, 0.717) is 19.0 Å². The number of rotatable bonds is 4. The molecule has 0 aromatic heterocycles. The summed E-state index contributed by atoms with van der Waals surface area (Å²) in [6.45, 7) is 2.78. The second kappa shape index (κ2) is 3.87. The molecular formula is C12H20F2N2O. The lowest BCUT2D eigenvalue weighted by Crippen LogP contribution is -2.53. The molecule has 2 saturated carbocycles. The van der Waals surface area contributed by atoms with Gasteiger partial charge in [0.25, 0.3) is 0 Å². The normalized spacial score (nSPS) is 49.2. The van der Waals surface area contributed by atoms with Crippen LogP contribution >= 0.6 is 0 Å². The van der Waals surface area contributed by atoms with Crippen LogP contribution in [0.25, 0.3) is 0 Å². The van der Waals surface area contributed by atoms with Crippen LogP contribution in [0.2, 0.25) is 0 Å². The minimum absolute atomic E-state index is 0.184. The lowest BCUT2D eigenvalue weighted by atomic mass is 9.70. The van der Waals surface area contributed by atoms with Crippen LogP contribution in [0.4, 0.5) is 8.78 Å². The zero-order valence-electron chi connectivity index (χ0n) is 9.86. The molecule has 0 amide bonds. The summed E-state index contributed by atoms with van der Waals surface area (Å²) in [5.41, 5.74) is 4.94. The first-order valence-electron chi connectivity index (χ1n) is 6.45. The number of β-amino-alcohol motifs (C(OH)–C–C–N with tert-alkyl or cyclic N) is 1. The highest BCUT2D eigenvalue weighted by Crippen LogP contribution is 2.55. The molecule has 0 aromatic carbocycles. The monoisotopic (exact) mass is 246 g/mol. The van der Waals surface area contributed by atoms with Crippen LogP contribution in [0.15, 0.2) is 0 Å². The molecule has 0 spiro atoms. The summed E-state index contributed by atoms with van der Waals surface area (Å²) in [5.74, 6) is 0.456. The molecule has 2 aliphatic carbocycles. The standard InChI is InChI=1S/C12H20F2N2O/c13-11(14)10-8-4-16(5-9(8)10)6-12(17)1-7(2-12)3-15/h7-11,17H,1-6,15H2/t7?,8-,9+,10?,12?. The van der Waals surface area contributed by atoms with Crippen LogP contribution in [0, 0.1) is 23.7 Å². The molecular weight excluding hydrogens is 226 g/mol. The van der Waals surface area contributed by atoms with Crippen LogP contribution < -0.4 is 5.73 Å². The fraction of sp³-hybridized carbons (Fsp3) is 1.00. The summed E-state index contributed by atoms with van der Waals surface area (Å²) in [5, 5.41) is 10.2. The number of fused-ring (bicyclic) bond motifs is 1. The Morgan fingerprint density at radius 2 is 1.88 bits per heavy atom. The van der Waals surface area contributed by atoms with Gasteiger partial charge in [-0.3, -0.25) is 4.90 Å². The van der Waals surface area contributed by atoms with Crippen molar-refractivity contribution in [1.82, 2.24) is 4.90 Å². The Hall–Kier alpha value is -0.260. The van der Waals surface area contributed by atoms with Gasteiger partial charge in [-0.15, -0.1) is 0 Å². The summed E-state index contributed by atoms with van der Waals surface area (Å²) in [7, 11) is 0. The van der Waals surface area contributed by atoms with E-state index in [1.165, 1.54) is 0 Å². The van der Waals surface area contributed by atoms with Crippen LogP contribution in [-0.4, -0.2) is 48.2 Å². The van der Waals surface area contributed by atoms with Crippen molar-refractivity contribution in [1.29, 1.82) is 0 Å². The maximum Gasteiger partial charge on any atom is 0.242 e. The molecule has 3 fully saturated rings. The molecule has 0 bridgehead atoms. The average Bonchev–Trinajstić information content (AvgIpc) is 2.73. The van der Waals surface area contributed by atoms with Gasteiger partial charge in [0.2, 0.25) is 6.43 Å². The Bertz CT molecular complexity index is 295. The van der Waals surface area contributed by atoms with Crippen molar-refractivity contribution in [2.24, 2.45) is 29.4 Å². The summed E-state index contributed by atoms with van der Waals surface area (Å²) in [6.07, 6.45) is -0.609. The first kappa shape index (κ1) is 11.8. The zero-order valence-corrected chi connectivity index (χ0v) is 9.86. The number of nitrogens with two attached hydrogens (primary N) is 1. The summed E-state index contributed by atoms with van der Waals surface area (Å²) in [6, 6.07) is 0. The molecule has 1 heterocycles. The van der Waals surface area contributed by atoms with Gasteiger partial charge in [0.15, 0.2) is 0 Å². The van der Waals surface area contributed by atoms with Gasteiger partial charge in [-0.25, -0.2) is 8.78 Å². The number of piperidine rings is 1. The Morgan fingerprint density at radius 1 is 1.29 bits per heavy atom. The van der Waals surface area contributed by atoms with Gasteiger partial charge in [-0.05, 0) is 37.1 Å². The second-order valence-corrected chi connectivity index (χ2v) is 6.17. The number of likely N-dealkylation sites (tertiary alicyclic amines) is 1. The van der Waals surface area contributed by atoms with Gasteiger partial charge in [0, 0.05) is 25.6 Å². The fourth-order valence-electron chi connectivity index (χ4n) is 3.89. The van der Waals surface area contributed by atoms with Gasteiger partial charge in [-0.2, -0.15) is 0 Å². The van der Waals surface area contributed by atoms with E-state index in [9.17, 15) is 13.9 Å². The largest absolute Gasteiger partial charge is 0.389 e. The molecule has 1 saturated heterocycles. The van der Waals surface area contributed by atoms with E-state index in [1.54, 1.807) is 0 Å². The van der Waals surface area contributed by atoms with Crippen molar-refractivity contribution < 1.29 is 13.9 Å². The number of aliphatic hydroxyl groups is 1. The van der Waals surface area contributed by atoms with Crippen LogP contribution in [-0.2, 0) is 0 Å². The second-order valence-electron chi connectivity index (χ2n) is 6.17. The number of nitrogens with zero attached hydrogens (tertiary/aromatic N) is 1. The van der Waals surface area contributed by atoms with Crippen molar-refractivity contribution in [2.75, 3.05) is 26.2 Å². The summed E-state index contributed by atoms with van der Waals surface area (Å²) >= 11 is 0. The Kier molecular flexibility index (Phi) is 2.69. The van der Waals surface area contributed by atoms with Crippen molar-refractivity contribution in [3.8, 4) is 0 Å².